The highest BCUT2D eigenvalue weighted by atomic mass is 16.7. The average Bonchev–Trinajstić information content (AvgIpc) is 3.13. The molecule has 10 heteroatoms. The standard InChI is InChI=1S/C41H74O10/c1-3-5-7-9-11-13-15-16-17-18-20-22-24-26-28-30-37(44)50-34(33-49-41-40(47)39(46)38(45)35(31-42)51-41)32-48-36(43)29-27-25-23-21-19-14-12-10-8-6-4-2/h10,12-13,15,34-35,38-42,45-47H,3-9,11,14,16-33H2,1-2H3/b12-10+,15-13+/t34-,35-,38+,39?,40?,41-/m1/s1. The highest BCUT2D eigenvalue weighted by Gasteiger charge is 2.44. The van der Waals surface area contributed by atoms with Gasteiger partial charge in [0.2, 0.25) is 0 Å². The number of carbonyl (C=O) groups is 2. The number of ether oxygens (including phenoxy) is 4. The van der Waals surface area contributed by atoms with E-state index in [0.29, 0.717) is 12.8 Å². The summed E-state index contributed by atoms with van der Waals surface area (Å²) in [6.45, 7) is 3.34. The first-order valence-electron chi connectivity index (χ1n) is 20.4. The van der Waals surface area contributed by atoms with E-state index in [4.69, 9.17) is 18.9 Å². The molecule has 10 nitrogen and oxygen atoms in total. The molecule has 1 aliphatic heterocycles. The molecule has 0 radical (unpaired) electrons. The van der Waals surface area contributed by atoms with Crippen LogP contribution in [0, 0.1) is 0 Å². The van der Waals surface area contributed by atoms with Crippen molar-refractivity contribution < 1.29 is 49.0 Å². The second-order valence-corrected chi connectivity index (χ2v) is 14.1. The second-order valence-electron chi connectivity index (χ2n) is 14.1. The van der Waals surface area contributed by atoms with E-state index in [9.17, 15) is 30.0 Å². The maximum atomic E-state index is 12.7. The molecule has 0 aliphatic carbocycles. The van der Waals surface area contributed by atoms with Crippen LogP contribution in [0.5, 0.6) is 0 Å². The molecule has 0 bridgehead atoms. The first-order chi connectivity index (χ1) is 24.8. The Kier molecular flexibility index (Phi) is 30.4. The van der Waals surface area contributed by atoms with Crippen LogP contribution in [0.4, 0.5) is 0 Å². The lowest BCUT2D eigenvalue weighted by atomic mass is 9.99. The normalized spacial score (nSPS) is 21.4. The van der Waals surface area contributed by atoms with Crippen molar-refractivity contribution in [3.63, 3.8) is 0 Å². The van der Waals surface area contributed by atoms with E-state index in [2.05, 4.69) is 38.2 Å². The van der Waals surface area contributed by atoms with Gasteiger partial charge < -0.3 is 39.4 Å². The fourth-order valence-electron chi connectivity index (χ4n) is 5.99. The van der Waals surface area contributed by atoms with Gasteiger partial charge in [-0.25, -0.2) is 0 Å². The first-order valence-corrected chi connectivity index (χ1v) is 20.4. The van der Waals surface area contributed by atoms with Crippen LogP contribution in [0.2, 0.25) is 0 Å². The van der Waals surface area contributed by atoms with Gasteiger partial charge in [-0.1, -0.05) is 122 Å². The lowest BCUT2D eigenvalue weighted by molar-refractivity contribution is -0.305. The molecule has 1 saturated heterocycles. The summed E-state index contributed by atoms with van der Waals surface area (Å²) in [7, 11) is 0. The van der Waals surface area contributed by atoms with Crippen LogP contribution in [0.1, 0.15) is 168 Å². The van der Waals surface area contributed by atoms with Crippen molar-refractivity contribution in [3.05, 3.63) is 24.3 Å². The van der Waals surface area contributed by atoms with Crippen molar-refractivity contribution in [2.45, 2.75) is 205 Å². The highest BCUT2D eigenvalue weighted by molar-refractivity contribution is 5.70. The average molecular weight is 727 g/mol. The Balaban J connectivity index is 2.38. The number of aliphatic hydroxyl groups excluding tert-OH is 4. The summed E-state index contributed by atoms with van der Waals surface area (Å²) in [5.74, 6) is -0.823. The molecule has 1 aliphatic rings. The fourth-order valence-corrected chi connectivity index (χ4v) is 5.99. The molecule has 51 heavy (non-hydrogen) atoms. The topological polar surface area (TPSA) is 152 Å². The molecular formula is C41H74O10. The Bertz CT molecular complexity index is 892. The maximum Gasteiger partial charge on any atom is 0.306 e. The third-order valence-electron chi connectivity index (χ3n) is 9.31. The molecule has 0 aromatic heterocycles. The first kappa shape index (κ1) is 47.2. The summed E-state index contributed by atoms with van der Waals surface area (Å²) in [6, 6.07) is 0. The van der Waals surface area contributed by atoms with Gasteiger partial charge >= 0.3 is 11.9 Å². The molecule has 1 fully saturated rings. The zero-order chi connectivity index (χ0) is 37.4. The van der Waals surface area contributed by atoms with Crippen molar-refractivity contribution in [1.29, 1.82) is 0 Å². The number of aliphatic hydroxyl groups is 4. The molecule has 0 aromatic carbocycles. The molecule has 4 N–H and O–H groups in total. The molecule has 0 aromatic rings. The quantitative estimate of drug-likeness (QED) is 0.0300. The molecule has 0 spiro atoms. The Hall–Kier alpha value is -1.82. The van der Waals surface area contributed by atoms with Crippen LogP contribution in [0.25, 0.3) is 0 Å². The maximum absolute atomic E-state index is 12.7. The van der Waals surface area contributed by atoms with E-state index in [-0.39, 0.29) is 32.0 Å². The van der Waals surface area contributed by atoms with Crippen LogP contribution in [-0.2, 0) is 28.5 Å². The van der Waals surface area contributed by atoms with Crippen molar-refractivity contribution in [1.82, 2.24) is 0 Å². The van der Waals surface area contributed by atoms with Gasteiger partial charge in [-0.3, -0.25) is 9.59 Å². The summed E-state index contributed by atoms with van der Waals surface area (Å²) in [5, 5.41) is 39.9. The van der Waals surface area contributed by atoms with Gasteiger partial charge in [0, 0.05) is 12.8 Å². The summed E-state index contributed by atoms with van der Waals surface area (Å²) in [6.07, 6.45) is 26.1. The number of allylic oxidation sites excluding steroid dienone is 4. The van der Waals surface area contributed by atoms with Crippen LogP contribution in [0.15, 0.2) is 24.3 Å². The van der Waals surface area contributed by atoms with Crippen molar-refractivity contribution >= 4 is 11.9 Å². The summed E-state index contributed by atoms with van der Waals surface area (Å²) in [5.41, 5.74) is 0. The summed E-state index contributed by atoms with van der Waals surface area (Å²) >= 11 is 0. The number of carbonyl (C=O) groups excluding carboxylic acids is 2. The molecule has 298 valence electrons. The van der Waals surface area contributed by atoms with Gasteiger partial charge in [-0.05, 0) is 57.8 Å². The van der Waals surface area contributed by atoms with Gasteiger partial charge in [0.1, 0.15) is 31.0 Å². The van der Waals surface area contributed by atoms with Gasteiger partial charge in [0.25, 0.3) is 0 Å². The number of hydrogen-bond donors (Lipinski definition) is 4. The van der Waals surface area contributed by atoms with Gasteiger partial charge in [-0.15, -0.1) is 0 Å². The number of rotatable bonds is 33. The van der Waals surface area contributed by atoms with E-state index >= 15 is 0 Å². The lowest BCUT2D eigenvalue weighted by Crippen LogP contribution is -2.59. The third-order valence-corrected chi connectivity index (χ3v) is 9.31. The number of unbranched alkanes of at least 4 members (excludes halogenated alkanes) is 18. The fraction of sp³-hybridized carbons (Fsp3) is 0.854. The van der Waals surface area contributed by atoms with Crippen LogP contribution < -0.4 is 0 Å². The van der Waals surface area contributed by atoms with Gasteiger partial charge in [0.15, 0.2) is 12.4 Å². The highest BCUT2D eigenvalue weighted by Crippen LogP contribution is 2.22. The third kappa shape index (κ3) is 24.9. The summed E-state index contributed by atoms with van der Waals surface area (Å²) in [4.78, 5) is 25.2. The largest absolute Gasteiger partial charge is 0.462 e. The summed E-state index contributed by atoms with van der Waals surface area (Å²) < 4.78 is 22.1. The predicted octanol–water partition coefficient (Wildman–Crippen LogP) is 7.77. The Labute approximate surface area is 309 Å². The molecule has 0 amide bonds. The Morgan fingerprint density at radius 2 is 1.06 bits per heavy atom. The Morgan fingerprint density at radius 3 is 1.59 bits per heavy atom. The zero-order valence-corrected chi connectivity index (χ0v) is 32.1. The van der Waals surface area contributed by atoms with Crippen molar-refractivity contribution in [3.8, 4) is 0 Å². The van der Waals surface area contributed by atoms with Gasteiger partial charge in [0.05, 0.1) is 13.2 Å². The predicted molar refractivity (Wildman–Crippen MR) is 201 cm³/mol. The molecule has 1 heterocycles. The van der Waals surface area contributed by atoms with Crippen LogP contribution in [-0.4, -0.2) is 89.0 Å². The van der Waals surface area contributed by atoms with E-state index in [1.165, 1.54) is 64.2 Å². The van der Waals surface area contributed by atoms with Gasteiger partial charge in [-0.2, -0.15) is 0 Å². The SMILES string of the molecule is CCCC/C=C/CCCCCCCC(=O)OC[C@H](CO[C@@H]1O[C@H](CO)[C@H](O)C(O)C1O)OC(=O)CCCCCCCCC/C=C/CCCCCC. The molecular weight excluding hydrogens is 652 g/mol. The number of hydrogen-bond acceptors (Lipinski definition) is 10. The monoisotopic (exact) mass is 727 g/mol. The van der Waals surface area contributed by atoms with E-state index in [1.54, 1.807) is 0 Å². The second kappa shape index (κ2) is 32.8. The zero-order valence-electron chi connectivity index (χ0n) is 32.1. The van der Waals surface area contributed by atoms with Crippen molar-refractivity contribution in [2.24, 2.45) is 0 Å². The van der Waals surface area contributed by atoms with E-state index in [1.807, 2.05) is 0 Å². The van der Waals surface area contributed by atoms with Crippen LogP contribution in [0.3, 0.4) is 0 Å². The van der Waals surface area contributed by atoms with E-state index < -0.39 is 49.4 Å². The molecule has 1 rings (SSSR count). The molecule has 6 atom stereocenters. The van der Waals surface area contributed by atoms with Crippen LogP contribution >= 0.6 is 0 Å². The smallest absolute Gasteiger partial charge is 0.306 e. The minimum absolute atomic E-state index is 0.222. The number of esters is 2. The Morgan fingerprint density at radius 1 is 0.588 bits per heavy atom. The minimum atomic E-state index is -1.59. The van der Waals surface area contributed by atoms with Crippen molar-refractivity contribution in [2.75, 3.05) is 19.8 Å². The molecule has 2 unspecified atom stereocenters. The molecule has 0 saturated carbocycles. The lowest BCUT2D eigenvalue weighted by Gasteiger charge is -2.39. The minimum Gasteiger partial charge on any atom is -0.462 e. The van der Waals surface area contributed by atoms with E-state index in [0.717, 1.165) is 64.2 Å².